The molecule has 0 aliphatic carbocycles. The van der Waals surface area contributed by atoms with Crippen molar-refractivity contribution in [3.63, 3.8) is 0 Å². The summed E-state index contributed by atoms with van der Waals surface area (Å²) in [6.45, 7) is 0.707. The van der Waals surface area contributed by atoms with Crippen molar-refractivity contribution in [1.82, 2.24) is 9.88 Å². The number of aromatic nitrogens is 1. The van der Waals surface area contributed by atoms with Crippen LogP contribution >= 0.6 is 11.3 Å². The molecule has 1 saturated heterocycles. The lowest BCUT2D eigenvalue weighted by Crippen LogP contribution is -2.34. The van der Waals surface area contributed by atoms with E-state index in [0.717, 1.165) is 28.1 Å². The maximum atomic E-state index is 13.0. The van der Waals surface area contributed by atoms with Crippen molar-refractivity contribution >= 4 is 33.3 Å². The van der Waals surface area contributed by atoms with E-state index in [9.17, 15) is 4.79 Å². The summed E-state index contributed by atoms with van der Waals surface area (Å²) in [6.07, 6.45) is 1.88. The average molecular weight is 383 g/mol. The second-order valence-electron chi connectivity index (χ2n) is 6.37. The van der Waals surface area contributed by atoms with E-state index < -0.39 is 0 Å². The van der Waals surface area contributed by atoms with E-state index in [0.29, 0.717) is 23.7 Å². The third-order valence-electron chi connectivity index (χ3n) is 4.76. The summed E-state index contributed by atoms with van der Waals surface area (Å²) >= 11 is 1.66. The number of hydrogen-bond acceptors (Lipinski definition) is 5. The molecule has 1 unspecified atom stereocenters. The lowest BCUT2D eigenvalue weighted by Gasteiger charge is -2.24. The molecule has 0 spiro atoms. The van der Waals surface area contributed by atoms with Crippen LogP contribution in [0.15, 0.2) is 42.5 Å². The molecule has 0 bridgehead atoms. The standard InChI is InChI=1S/C20H21N3O3S/c1-25-13-9-10-17(26-2)15(12-13)22-20(24)23-11-5-7-16(23)19-21-14-6-3-4-8-18(14)27-19/h3-4,6,8-10,12,16H,5,7,11H2,1-2H3,(H,22,24). The number of methoxy groups -OCH3 is 2. The Hall–Kier alpha value is -2.80. The Morgan fingerprint density at radius 3 is 2.85 bits per heavy atom. The predicted molar refractivity (Wildman–Crippen MR) is 107 cm³/mol. The summed E-state index contributed by atoms with van der Waals surface area (Å²) < 4.78 is 11.8. The van der Waals surface area contributed by atoms with Crippen LogP contribution in [0.4, 0.5) is 10.5 Å². The van der Waals surface area contributed by atoms with E-state index >= 15 is 0 Å². The lowest BCUT2D eigenvalue weighted by molar-refractivity contribution is 0.207. The van der Waals surface area contributed by atoms with Crippen molar-refractivity contribution in [3.05, 3.63) is 47.5 Å². The zero-order valence-corrected chi connectivity index (χ0v) is 16.1. The van der Waals surface area contributed by atoms with Crippen LogP contribution in [0, 0.1) is 0 Å². The molecule has 0 radical (unpaired) electrons. The molecule has 2 aromatic carbocycles. The maximum absolute atomic E-state index is 13.0. The van der Waals surface area contributed by atoms with Crippen LogP contribution in [-0.4, -0.2) is 36.7 Å². The molecule has 0 saturated carbocycles. The first-order valence-electron chi connectivity index (χ1n) is 8.84. The molecule has 7 heteroatoms. The number of nitrogens with zero attached hydrogens (tertiary/aromatic N) is 2. The maximum Gasteiger partial charge on any atom is 0.322 e. The van der Waals surface area contributed by atoms with Gasteiger partial charge in [0.15, 0.2) is 0 Å². The number of fused-ring (bicyclic) bond motifs is 1. The Kier molecular flexibility index (Phi) is 4.85. The highest BCUT2D eigenvalue weighted by molar-refractivity contribution is 7.18. The van der Waals surface area contributed by atoms with Crippen LogP contribution in [-0.2, 0) is 0 Å². The number of anilines is 1. The van der Waals surface area contributed by atoms with Crippen molar-refractivity contribution in [2.24, 2.45) is 0 Å². The van der Waals surface area contributed by atoms with Gasteiger partial charge in [0.2, 0.25) is 0 Å². The normalized spacial score (nSPS) is 16.5. The van der Waals surface area contributed by atoms with Gasteiger partial charge >= 0.3 is 6.03 Å². The first kappa shape index (κ1) is 17.6. The van der Waals surface area contributed by atoms with Crippen LogP contribution in [0.1, 0.15) is 23.9 Å². The Labute approximate surface area is 161 Å². The molecule has 6 nitrogen and oxygen atoms in total. The summed E-state index contributed by atoms with van der Waals surface area (Å²) in [4.78, 5) is 19.6. The molecule has 4 rings (SSSR count). The van der Waals surface area contributed by atoms with Gasteiger partial charge in [-0.25, -0.2) is 9.78 Å². The minimum atomic E-state index is -0.150. The molecule has 1 atom stereocenters. The summed E-state index contributed by atoms with van der Waals surface area (Å²) in [5.41, 5.74) is 1.58. The Bertz CT molecular complexity index is 939. The number of thiazole rings is 1. The number of nitrogens with one attached hydrogen (secondary N) is 1. The number of ether oxygens (including phenoxy) is 2. The van der Waals surface area contributed by atoms with E-state index in [4.69, 9.17) is 14.5 Å². The molecule has 1 aromatic heterocycles. The van der Waals surface area contributed by atoms with E-state index in [1.807, 2.05) is 23.1 Å². The van der Waals surface area contributed by atoms with Gasteiger partial charge < -0.3 is 19.7 Å². The quantitative estimate of drug-likeness (QED) is 0.710. The Balaban J connectivity index is 1.57. The highest BCUT2D eigenvalue weighted by Crippen LogP contribution is 2.37. The fourth-order valence-electron chi connectivity index (χ4n) is 3.40. The van der Waals surface area contributed by atoms with E-state index in [1.165, 1.54) is 0 Å². The van der Waals surface area contributed by atoms with Gasteiger partial charge in [-0.15, -0.1) is 11.3 Å². The van der Waals surface area contributed by atoms with Gasteiger partial charge in [-0.2, -0.15) is 0 Å². The van der Waals surface area contributed by atoms with Crippen LogP contribution in [0.3, 0.4) is 0 Å². The van der Waals surface area contributed by atoms with Crippen molar-refractivity contribution in [1.29, 1.82) is 0 Å². The van der Waals surface area contributed by atoms with Crippen molar-refractivity contribution in [2.75, 3.05) is 26.1 Å². The predicted octanol–water partition coefficient (Wildman–Crippen LogP) is 4.68. The zero-order chi connectivity index (χ0) is 18.8. The van der Waals surface area contributed by atoms with Crippen LogP contribution in [0.5, 0.6) is 11.5 Å². The van der Waals surface area contributed by atoms with Gasteiger partial charge in [0, 0.05) is 12.6 Å². The molecule has 1 aliphatic rings. The second kappa shape index (κ2) is 7.44. The molecular weight excluding hydrogens is 362 g/mol. The first-order valence-corrected chi connectivity index (χ1v) is 9.66. The van der Waals surface area contributed by atoms with Gasteiger partial charge in [-0.1, -0.05) is 12.1 Å². The van der Waals surface area contributed by atoms with Crippen molar-refractivity contribution in [2.45, 2.75) is 18.9 Å². The van der Waals surface area contributed by atoms with Crippen LogP contribution in [0.25, 0.3) is 10.2 Å². The molecule has 3 aromatic rings. The van der Waals surface area contributed by atoms with Gasteiger partial charge in [0.05, 0.1) is 36.2 Å². The molecule has 27 heavy (non-hydrogen) atoms. The molecule has 2 amide bonds. The number of amides is 2. The number of likely N-dealkylation sites (tertiary alicyclic amines) is 1. The van der Waals surface area contributed by atoms with Crippen LogP contribution in [0.2, 0.25) is 0 Å². The largest absolute Gasteiger partial charge is 0.497 e. The Morgan fingerprint density at radius 2 is 2.07 bits per heavy atom. The van der Waals surface area contributed by atoms with E-state index in [-0.39, 0.29) is 12.1 Å². The minimum absolute atomic E-state index is 0.000923. The van der Waals surface area contributed by atoms with Crippen molar-refractivity contribution in [3.8, 4) is 11.5 Å². The average Bonchev–Trinajstić information content (AvgIpc) is 3.34. The van der Waals surface area contributed by atoms with Crippen molar-refractivity contribution < 1.29 is 14.3 Å². The van der Waals surface area contributed by atoms with E-state index in [1.54, 1.807) is 43.8 Å². The van der Waals surface area contributed by atoms with Gasteiger partial charge in [0.25, 0.3) is 0 Å². The highest BCUT2D eigenvalue weighted by Gasteiger charge is 2.32. The number of carbonyl (C=O) groups excluding carboxylic acids is 1. The Morgan fingerprint density at radius 1 is 1.22 bits per heavy atom. The summed E-state index contributed by atoms with van der Waals surface area (Å²) in [6, 6.07) is 13.3. The number of carbonyl (C=O) groups is 1. The fraction of sp³-hybridized carbons (Fsp3) is 0.300. The third kappa shape index (κ3) is 3.42. The monoisotopic (exact) mass is 383 g/mol. The van der Waals surface area contributed by atoms with Crippen LogP contribution < -0.4 is 14.8 Å². The molecule has 1 fully saturated rings. The molecule has 1 N–H and O–H groups in total. The third-order valence-corrected chi connectivity index (χ3v) is 5.90. The second-order valence-corrected chi connectivity index (χ2v) is 7.43. The SMILES string of the molecule is COc1ccc(OC)c(NC(=O)N2CCCC2c2nc3ccccc3s2)c1. The number of para-hydroxylation sites is 1. The topological polar surface area (TPSA) is 63.7 Å². The summed E-state index contributed by atoms with van der Waals surface area (Å²) in [5.74, 6) is 1.26. The number of urea groups is 1. The summed E-state index contributed by atoms with van der Waals surface area (Å²) in [7, 11) is 3.17. The fourth-order valence-corrected chi connectivity index (χ4v) is 4.51. The zero-order valence-electron chi connectivity index (χ0n) is 15.3. The summed E-state index contributed by atoms with van der Waals surface area (Å²) in [5, 5.41) is 3.96. The van der Waals surface area contributed by atoms with Gasteiger partial charge in [-0.05, 0) is 37.1 Å². The highest BCUT2D eigenvalue weighted by atomic mass is 32.1. The smallest absolute Gasteiger partial charge is 0.322 e. The molecule has 140 valence electrons. The molecule has 2 heterocycles. The number of hydrogen-bond donors (Lipinski definition) is 1. The minimum Gasteiger partial charge on any atom is -0.497 e. The number of rotatable bonds is 4. The first-order chi connectivity index (χ1) is 13.2. The van der Waals surface area contributed by atoms with Gasteiger partial charge in [0.1, 0.15) is 16.5 Å². The lowest BCUT2D eigenvalue weighted by atomic mass is 10.2. The van der Waals surface area contributed by atoms with E-state index in [2.05, 4.69) is 11.4 Å². The number of benzene rings is 2. The molecule has 1 aliphatic heterocycles. The van der Waals surface area contributed by atoms with Gasteiger partial charge in [-0.3, -0.25) is 0 Å². The molecular formula is C20H21N3O3S.